The van der Waals surface area contributed by atoms with Gasteiger partial charge in [0.1, 0.15) is 17.1 Å². The molecule has 2 aromatic carbocycles. The largest absolute Gasteiger partial charge is 0.354 e. The van der Waals surface area contributed by atoms with Crippen LogP contribution < -0.4 is 0 Å². The minimum Gasteiger partial charge on any atom is -0.354 e. The first kappa shape index (κ1) is 19.4. The van der Waals surface area contributed by atoms with E-state index < -0.39 is 28.8 Å². The highest BCUT2D eigenvalue weighted by Crippen LogP contribution is 2.40. The predicted molar refractivity (Wildman–Crippen MR) is 98.5 cm³/mol. The molecular formula is C22H22F2O3. The van der Waals surface area contributed by atoms with Crippen LogP contribution in [0, 0.1) is 18.6 Å². The molecule has 0 unspecified atom stereocenters. The maximum atomic E-state index is 13.6. The Bertz CT molecular complexity index is 919. The fourth-order valence-electron chi connectivity index (χ4n) is 3.64. The van der Waals surface area contributed by atoms with Gasteiger partial charge in [-0.3, -0.25) is 9.59 Å². The SMILES string of the molecule is Cc1ccc(-c2ccc(F)c(F)c2)cc1C1C(=O)C(C)(C)OC(C)(C)C1=O. The van der Waals surface area contributed by atoms with E-state index in [1.165, 1.54) is 6.07 Å². The molecule has 0 aromatic heterocycles. The quantitative estimate of drug-likeness (QED) is 0.715. The van der Waals surface area contributed by atoms with E-state index in [-0.39, 0.29) is 11.6 Å². The molecule has 1 heterocycles. The van der Waals surface area contributed by atoms with Gasteiger partial charge in [0.25, 0.3) is 0 Å². The van der Waals surface area contributed by atoms with Crippen LogP contribution in [0.2, 0.25) is 0 Å². The topological polar surface area (TPSA) is 43.4 Å². The number of hydrogen-bond donors (Lipinski definition) is 0. The summed E-state index contributed by atoms with van der Waals surface area (Å²) in [6.07, 6.45) is 0. The van der Waals surface area contributed by atoms with E-state index in [4.69, 9.17) is 4.74 Å². The Kier molecular flexibility index (Phi) is 4.55. The Balaban J connectivity index is 2.14. The van der Waals surface area contributed by atoms with Crippen molar-refractivity contribution in [3.63, 3.8) is 0 Å². The third kappa shape index (κ3) is 3.32. The molecule has 0 spiro atoms. The Morgan fingerprint density at radius 3 is 1.89 bits per heavy atom. The van der Waals surface area contributed by atoms with Crippen molar-refractivity contribution in [1.29, 1.82) is 0 Å². The monoisotopic (exact) mass is 372 g/mol. The summed E-state index contributed by atoms with van der Waals surface area (Å²) < 4.78 is 32.6. The van der Waals surface area contributed by atoms with Crippen LogP contribution in [0.1, 0.15) is 44.7 Å². The van der Waals surface area contributed by atoms with Crippen LogP contribution in [0.25, 0.3) is 11.1 Å². The summed E-state index contributed by atoms with van der Waals surface area (Å²) in [5.74, 6) is -3.46. The maximum Gasteiger partial charge on any atom is 0.179 e. The van der Waals surface area contributed by atoms with Crippen molar-refractivity contribution < 1.29 is 23.1 Å². The second kappa shape index (κ2) is 6.34. The molecule has 0 bridgehead atoms. The van der Waals surface area contributed by atoms with Gasteiger partial charge in [0.15, 0.2) is 23.2 Å². The first-order valence-corrected chi connectivity index (χ1v) is 8.79. The molecule has 2 aromatic rings. The highest BCUT2D eigenvalue weighted by molar-refractivity contribution is 6.15. The molecule has 142 valence electrons. The summed E-state index contributed by atoms with van der Waals surface area (Å²) in [5, 5.41) is 0. The normalized spacial score (nSPS) is 19.4. The van der Waals surface area contributed by atoms with E-state index in [1.807, 2.05) is 6.92 Å². The lowest BCUT2D eigenvalue weighted by atomic mass is 9.73. The number of ether oxygens (including phenoxy) is 1. The van der Waals surface area contributed by atoms with Gasteiger partial charge < -0.3 is 4.74 Å². The van der Waals surface area contributed by atoms with Gasteiger partial charge >= 0.3 is 0 Å². The maximum absolute atomic E-state index is 13.6. The Morgan fingerprint density at radius 2 is 1.33 bits per heavy atom. The van der Waals surface area contributed by atoms with E-state index in [0.29, 0.717) is 16.7 Å². The lowest BCUT2D eigenvalue weighted by Gasteiger charge is -2.43. The molecule has 0 saturated carbocycles. The number of halogens is 2. The summed E-state index contributed by atoms with van der Waals surface area (Å²) >= 11 is 0. The first-order valence-electron chi connectivity index (χ1n) is 8.79. The van der Waals surface area contributed by atoms with Gasteiger partial charge in [-0.15, -0.1) is 0 Å². The van der Waals surface area contributed by atoms with Crippen molar-refractivity contribution in [1.82, 2.24) is 0 Å². The molecule has 27 heavy (non-hydrogen) atoms. The van der Waals surface area contributed by atoms with Crippen molar-refractivity contribution in [3.8, 4) is 11.1 Å². The molecule has 0 amide bonds. The number of ketones is 2. The van der Waals surface area contributed by atoms with Crippen LogP contribution in [0.15, 0.2) is 36.4 Å². The number of rotatable bonds is 2. The van der Waals surface area contributed by atoms with Crippen molar-refractivity contribution in [3.05, 3.63) is 59.2 Å². The highest BCUT2D eigenvalue weighted by atomic mass is 19.2. The van der Waals surface area contributed by atoms with E-state index in [1.54, 1.807) is 45.9 Å². The molecule has 0 aliphatic carbocycles. The van der Waals surface area contributed by atoms with Crippen molar-refractivity contribution in [2.75, 3.05) is 0 Å². The molecule has 1 saturated heterocycles. The summed E-state index contributed by atoms with van der Waals surface area (Å²) in [7, 11) is 0. The summed E-state index contributed by atoms with van der Waals surface area (Å²) in [4.78, 5) is 26.0. The standard InChI is InChI=1S/C22H22F2O3/c1-12-6-7-13(14-8-9-16(23)17(24)11-14)10-15(12)18-19(25)21(2,3)27-22(4,5)20(18)26/h6-11,18H,1-5H3. The van der Waals surface area contributed by atoms with E-state index in [2.05, 4.69) is 0 Å². The van der Waals surface area contributed by atoms with E-state index in [9.17, 15) is 18.4 Å². The minimum absolute atomic E-state index is 0.308. The van der Waals surface area contributed by atoms with Gasteiger partial charge in [0.05, 0.1) is 0 Å². The minimum atomic E-state index is -1.10. The van der Waals surface area contributed by atoms with E-state index in [0.717, 1.165) is 17.7 Å². The summed E-state index contributed by atoms with van der Waals surface area (Å²) in [6.45, 7) is 8.45. The third-order valence-electron chi connectivity index (χ3n) is 5.06. The van der Waals surface area contributed by atoms with Gasteiger partial charge in [0, 0.05) is 0 Å². The van der Waals surface area contributed by atoms with Crippen molar-refractivity contribution in [2.45, 2.75) is 51.7 Å². The Labute approximate surface area is 157 Å². The van der Waals surface area contributed by atoms with E-state index >= 15 is 0 Å². The fraction of sp³-hybridized carbons (Fsp3) is 0.364. The average molecular weight is 372 g/mol. The second-order valence-electron chi connectivity index (χ2n) is 7.98. The number of carbonyl (C=O) groups is 2. The number of aryl methyl sites for hydroxylation is 1. The highest BCUT2D eigenvalue weighted by Gasteiger charge is 2.53. The van der Waals surface area contributed by atoms with Gasteiger partial charge in [0.2, 0.25) is 0 Å². The van der Waals surface area contributed by atoms with Crippen LogP contribution >= 0.6 is 0 Å². The zero-order valence-corrected chi connectivity index (χ0v) is 16.0. The first-order chi connectivity index (χ1) is 12.4. The van der Waals surface area contributed by atoms with Crippen LogP contribution in [0.5, 0.6) is 0 Å². The molecule has 1 aliphatic heterocycles. The number of hydrogen-bond acceptors (Lipinski definition) is 3. The predicted octanol–water partition coefficient (Wildman–Crippen LogP) is 4.75. The summed E-state index contributed by atoms with van der Waals surface area (Å²) in [5.41, 5.74) is 0.218. The van der Waals surface area contributed by atoms with Crippen molar-refractivity contribution >= 4 is 11.6 Å². The summed E-state index contributed by atoms with van der Waals surface area (Å²) in [6, 6.07) is 8.87. The number of carbonyl (C=O) groups excluding carboxylic acids is 2. The van der Waals surface area contributed by atoms with Crippen LogP contribution in [0.4, 0.5) is 8.78 Å². The van der Waals surface area contributed by atoms with Crippen LogP contribution in [0.3, 0.4) is 0 Å². The molecule has 5 heteroatoms. The number of Topliss-reactive ketones (excluding diaryl/α,β-unsaturated/α-hetero) is 2. The zero-order chi connectivity index (χ0) is 20.1. The zero-order valence-electron chi connectivity index (χ0n) is 16.0. The molecule has 0 N–H and O–H groups in total. The molecule has 3 nitrogen and oxygen atoms in total. The van der Waals surface area contributed by atoms with Crippen LogP contribution in [-0.2, 0) is 14.3 Å². The lowest BCUT2D eigenvalue weighted by Crippen LogP contribution is -2.58. The molecular weight excluding hydrogens is 350 g/mol. The smallest absolute Gasteiger partial charge is 0.179 e. The molecule has 1 aliphatic rings. The van der Waals surface area contributed by atoms with Gasteiger partial charge in [-0.2, -0.15) is 0 Å². The Hall–Kier alpha value is -2.40. The second-order valence-corrected chi connectivity index (χ2v) is 7.98. The molecule has 3 rings (SSSR count). The molecule has 1 fully saturated rings. The Morgan fingerprint density at radius 1 is 0.815 bits per heavy atom. The van der Waals surface area contributed by atoms with Gasteiger partial charge in [-0.25, -0.2) is 8.78 Å². The van der Waals surface area contributed by atoms with Crippen molar-refractivity contribution in [2.24, 2.45) is 0 Å². The third-order valence-corrected chi connectivity index (χ3v) is 5.06. The lowest BCUT2D eigenvalue weighted by molar-refractivity contribution is -0.184. The molecule has 0 radical (unpaired) electrons. The van der Waals surface area contributed by atoms with Gasteiger partial charge in [-0.1, -0.05) is 18.2 Å². The average Bonchev–Trinajstić information content (AvgIpc) is 2.57. The molecule has 0 atom stereocenters. The fourth-order valence-corrected chi connectivity index (χ4v) is 3.64. The van der Waals surface area contributed by atoms with Crippen LogP contribution in [-0.4, -0.2) is 22.8 Å². The number of benzene rings is 2. The van der Waals surface area contributed by atoms with Gasteiger partial charge in [-0.05, 0) is 75.1 Å².